The highest BCUT2D eigenvalue weighted by Gasteiger charge is 2.19. The van der Waals surface area contributed by atoms with Crippen molar-refractivity contribution in [2.24, 2.45) is 7.05 Å². The molecule has 6 nitrogen and oxygen atoms in total. The number of carbonyl (C=O) groups is 1. The molecule has 0 aliphatic carbocycles. The molecule has 0 unspecified atom stereocenters. The van der Waals surface area contributed by atoms with Crippen LogP contribution in [0.15, 0.2) is 24.4 Å². The summed E-state index contributed by atoms with van der Waals surface area (Å²) in [5, 5.41) is 4.33. The highest BCUT2D eigenvalue weighted by Crippen LogP contribution is 2.33. The van der Waals surface area contributed by atoms with E-state index in [9.17, 15) is 4.79 Å². The fourth-order valence-corrected chi connectivity index (χ4v) is 2.04. The van der Waals surface area contributed by atoms with Gasteiger partial charge in [0.2, 0.25) is 0 Å². The van der Waals surface area contributed by atoms with Crippen LogP contribution in [0.4, 0.5) is 0 Å². The Hall–Kier alpha value is -2.50. The lowest BCUT2D eigenvalue weighted by atomic mass is 10.1. The van der Waals surface area contributed by atoms with Crippen molar-refractivity contribution in [3.63, 3.8) is 0 Å². The largest absolute Gasteiger partial charge is 0.493 e. The van der Waals surface area contributed by atoms with E-state index in [-0.39, 0.29) is 0 Å². The Morgan fingerprint density at radius 2 is 1.95 bits per heavy atom. The molecule has 0 aliphatic rings. The number of aromatic nitrogens is 2. The normalized spacial score (nSPS) is 10.3. The van der Waals surface area contributed by atoms with E-state index in [2.05, 4.69) is 5.10 Å². The van der Waals surface area contributed by atoms with Crippen LogP contribution in [0.5, 0.6) is 11.5 Å². The molecule has 0 N–H and O–H groups in total. The molecule has 0 saturated carbocycles. The molecular weight excluding hydrogens is 272 g/mol. The fourth-order valence-electron chi connectivity index (χ4n) is 2.04. The minimum atomic E-state index is -0.393. The molecule has 112 valence electrons. The lowest BCUT2D eigenvalue weighted by Crippen LogP contribution is -2.05. The van der Waals surface area contributed by atoms with Crippen molar-refractivity contribution in [3.05, 3.63) is 30.0 Å². The van der Waals surface area contributed by atoms with Crippen molar-refractivity contribution >= 4 is 5.97 Å². The summed E-state index contributed by atoms with van der Waals surface area (Å²) in [4.78, 5) is 12.0. The van der Waals surface area contributed by atoms with Gasteiger partial charge in [0.25, 0.3) is 0 Å². The molecule has 0 saturated heterocycles. The van der Waals surface area contributed by atoms with Crippen LogP contribution in [0.3, 0.4) is 0 Å². The molecule has 1 aromatic carbocycles. The van der Waals surface area contributed by atoms with Gasteiger partial charge < -0.3 is 14.2 Å². The zero-order valence-electron chi connectivity index (χ0n) is 12.5. The SMILES string of the molecule is CCOC(=O)c1cn(C)nc1-c1ccc(OC)c(OC)c1. The molecule has 0 spiro atoms. The predicted octanol–water partition coefficient (Wildman–Crippen LogP) is 2.28. The van der Waals surface area contributed by atoms with E-state index in [1.807, 2.05) is 6.07 Å². The van der Waals surface area contributed by atoms with Crippen molar-refractivity contribution < 1.29 is 19.0 Å². The van der Waals surface area contributed by atoms with E-state index in [0.717, 1.165) is 5.56 Å². The van der Waals surface area contributed by atoms with Gasteiger partial charge >= 0.3 is 5.97 Å². The van der Waals surface area contributed by atoms with Gasteiger partial charge in [0, 0.05) is 18.8 Å². The molecule has 6 heteroatoms. The van der Waals surface area contributed by atoms with Crippen LogP contribution in [0.25, 0.3) is 11.3 Å². The summed E-state index contributed by atoms with van der Waals surface area (Å²) >= 11 is 0. The summed E-state index contributed by atoms with van der Waals surface area (Å²) in [6.07, 6.45) is 1.64. The van der Waals surface area contributed by atoms with Gasteiger partial charge in [-0.25, -0.2) is 4.79 Å². The van der Waals surface area contributed by atoms with Crippen molar-refractivity contribution in [3.8, 4) is 22.8 Å². The molecule has 0 aliphatic heterocycles. The first-order valence-corrected chi connectivity index (χ1v) is 6.53. The Morgan fingerprint density at radius 1 is 1.24 bits per heavy atom. The third kappa shape index (κ3) is 2.99. The molecule has 2 rings (SSSR count). The first kappa shape index (κ1) is 14.9. The van der Waals surface area contributed by atoms with Gasteiger partial charge in [0.15, 0.2) is 11.5 Å². The zero-order chi connectivity index (χ0) is 15.4. The molecule has 0 bridgehead atoms. The topological polar surface area (TPSA) is 62.6 Å². The van der Waals surface area contributed by atoms with E-state index in [1.54, 1.807) is 51.2 Å². The number of aryl methyl sites for hydroxylation is 1. The molecule has 21 heavy (non-hydrogen) atoms. The second kappa shape index (κ2) is 6.30. The number of benzene rings is 1. The minimum Gasteiger partial charge on any atom is -0.493 e. The van der Waals surface area contributed by atoms with Gasteiger partial charge in [-0.3, -0.25) is 4.68 Å². The van der Waals surface area contributed by atoms with Crippen LogP contribution in [-0.4, -0.2) is 36.6 Å². The van der Waals surface area contributed by atoms with Crippen molar-refractivity contribution in [1.29, 1.82) is 0 Å². The predicted molar refractivity (Wildman–Crippen MR) is 77.7 cm³/mol. The van der Waals surface area contributed by atoms with Crippen LogP contribution in [0.1, 0.15) is 17.3 Å². The maximum atomic E-state index is 12.0. The second-order valence-electron chi connectivity index (χ2n) is 4.36. The third-order valence-electron chi connectivity index (χ3n) is 2.98. The van der Waals surface area contributed by atoms with Crippen LogP contribution in [0.2, 0.25) is 0 Å². The molecular formula is C15H18N2O4. The van der Waals surface area contributed by atoms with E-state index in [0.29, 0.717) is 29.4 Å². The molecule has 0 atom stereocenters. The van der Waals surface area contributed by atoms with Gasteiger partial charge in [0.05, 0.1) is 20.8 Å². The van der Waals surface area contributed by atoms with E-state index in [1.165, 1.54) is 0 Å². The molecule has 0 fully saturated rings. The minimum absolute atomic E-state index is 0.319. The van der Waals surface area contributed by atoms with Crippen molar-refractivity contribution in [2.75, 3.05) is 20.8 Å². The number of nitrogens with zero attached hydrogens (tertiary/aromatic N) is 2. The van der Waals surface area contributed by atoms with Gasteiger partial charge in [0.1, 0.15) is 11.3 Å². The Kier molecular flexibility index (Phi) is 4.47. The first-order chi connectivity index (χ1) is 10.1. The zero-order valence-corrected chi connectivity index (χ0v) is 12.5. The van der Waals surface area contributed by atoms with Gasteiger partial charge in [-0.1, -0.05) is 0 Å². The van der Waals surface area contributed by atoms with E-state index < -0.39 is 5.97 Å². The second-order valence-corrected chi connectivity index (χ2v) is 4.36. The number of hydrogen-bond donors (Lipinski definition) is 0. The van der Waals surface area contributed by atoms with Gasteiger partial charge in [-0.15, -0.1) is 0 Å². The molecule has 2 aromatic rings. The third-order valence-corrected chi connectivity index (χ3v) is 2.98. The fraction of sp³-hybridized carbons (Fsp3) is 0.333. The lowest BCUT2D eigenvalue weighted by Gasteiger charge is -2.09. The Labute approximate surface area is 123 Å². The summed E-state index contributed by atoms with van der Waals surface area (Å²) < 4.78 is 17.1. The summed E-state index contributed by atoms with van der Waals surface area (Å²) in [5.41, 5.74) is 1.74. The molecule has 1 heterocycles. The number of ether oxygens (including phenoxy) is 3. The molecule has 0 amide bonds. The van der Waals surface area contributed by atoms with Crippen LogP contribution in [-0.2, 0) is 11.8 Å². The summed E-state index contributed by atoms with van der Waals surface area (Å²) in [7, 11) is 4.89. The van der Waals surface area contributed by atoms with E-state index >= 15 is 0 Å². The smallest absolute Gasteiger partial charge is 0.341 e. The Balaban J connectivity index is 2.49. The highest BCUT2D eigenvalue weighted by atomic mass is 16.5. The number of rotatable bonds is 5. The highest BCUT2D eigenvalue weighted by molar-refractivity contribution is 5.96. The van der Waals surface area contributed by atoms with Crippen LogP contribution < -0.4 is 9.47 Å². The molecule has 1 aromatic heterocycles. The quantitative estimate of drug-likeness (QED) is 0.791. The number of esters is 1. The monoisotopic (exact) mass is 290 g/mol. The van der Waals surface area contributed by atoms with E-state index in [4.69, 9.17) is 14.2 Å². The average Bonchev–Trinajstić information content (AvgIpc) is 2.88. The van der Waals surface area contributed by atoms with Gasteiger partial charge in [-0.05, 0) is 25.1 Å². The summed E-state index contributed by atoms with van der Waals surface area (Å²) in [6, 6.07) is 5.38. The average molecular weight is 290 g/mol. The van der Waals surface area contributed by atoms with Crippen molar-refractivity contribution in [1.82, 2.24) is 9.78 Å². The number of methoxy groups -OCH3 is 2. The first-order valence-electron chi connectivity index (χ1n) is 6.53. The van der Waals surface area contributed by atoms with Crippen LogP contribution in [0, 0.1) is 0 Å². The summed E-state index contributed by atoms with van der Waals surface area (Å²) in [5.74, 6) is 0.806. The van der Waals surface area contributed by atoms with Gasteiger partial charge in [-0.2, -0.15) is 5.10 Å². The number of carbonyl (C=O) groups excluding carboxylic acids is 1. The maximum absolute atomic E-state index is 12.0. The number of hydrogen-bond acceptors (Lipinski definition) is 5. The Morgan fingerprint density at radius 3 is 2.57 bits per heavy atom. The van der Waals surface area contributed by atoms with Crippen LogP contribution >= 0.6 is 0 Å². The lowest BCUT2D eigenvalue weighted by molar-refractivity contribution is 0.0527. The maximum Gasteiger partial charge on any atom is 0.341 e. The molecule has 0 radical (unpaired) electrons. The van der Waals surface area contributed by atoms with Crippen molar-refractivity contribution in [2.45, 2.75) is 6.92 Å². The summed E-state index contributed by atoms with van der Waals surface area (Å²) in [6.45, 7) is 2.09. The standard InChI is InChI=1S/C15H18N2O4/c1-5-21-15(18)11-9-17(2)16-14(11)10-6-7-12(19-3)13(8-10)20-4/h6-9H,5H2,1-4H3. The Bertz CT molecular complexity index is 649.